The number of nitrogens with one attached hydrogen (secondary N) is 1. The van der Waals surface area contributed by atoms with Gasteiger partial charge >= 0.3 is 0 Å². The summed E-state index contributed by atoms with van der Waals surface area (Å²) in [5.41, 5.74) is 1.16. The Hall–Kier alpha value is -1.74. The maximum Gasteiger partial charge on any atom is 0.125 e. The second kappa shape index (κ2) is 7.32. The number of hydrogen-bond acceptors (Lipinski definition) is 3. The standard InChI is InChI=1S/C18H25NO2/c1-5-15-10-11-17(21-15)18(19-6-2)14-8-7-9-16(12-14)20-13(3)4/h7-13,18-19H,5-6H2,1-4H3. The molecule has 0 aliphatic rings. The summed E-state index contributed by atoms with van der Waals surface area (Å²) in [6.07, 6.45) is 1.09. The van der Waals surface area contributed by atoms with E-state index in [0.29, 0.717) is 0 Å². The van der Waals surface area contributed by atoms with Crippen LogP contribution in [0.2, 0.25) is 0 Å². The Morgan fingerprint density at radius 1 is 1.14 bits per heavy atom. The highest BCUT2D eigenvalue weighted by molar-refractivity contribution is 5.34. The second-order valence-electron chi connectivity index (χ2n) is 5.39. The fraction of sp³-hybridized carbons (Fsp3) is 0.444. The Balaban J connectivity index is 2.29. The predicted octanol–water partition coefficient (Wildman–Crippen LogP) is 4.33. The van der Waals surface area contributed by atoms with Crippen molar-refractivity contribution >= 4 is 0 Å². The minimum Gasteiger partial charge on any atom is -0.491 e. The summed E-state index contributed by atoms with van der Waals surface area (Å²) in [6.45, 7) is 9.15. The lowest BCUT2D eigenvalue weighted by Crippen LogP contribution is -2.21. The van der Waals surface area contributed by atoms with Crippen molar-refractivity contribution in [1.82, 2.24) is 5.32 Å². The summed E-state index contributed by atoms with van der Waals surface area (Å²) in [7, 11) is 0. The first-order chi connectivity index (χ1) is 10.1. The lowest BCUT2D eigenvalue weighted by molar-refractivity contribution is 0.242. The van der Waals surface area contributed by atoms with E-state index in [1.165, 1.54) is 0 Å². The number of aryl methyl sites for hydroxylation is 1. The van der Waals surface area contributed by atoms with E-state index in [9.17, 15) is 0 Å². The van der Waals surface area contributed by atoms with E-state index in [-0.39, 0.29) is 12.1 Å². The molecule has 0 radical (unpaired) electrons. The van der Waals surface area contributed by atoms with Crippen LogP contribution in [-0.4, -0.2) is 12.6 Å². The summed E-state index contributed by atoms with van der Waals surface area (Å²) in [6, 6.07) is 12.4. The first-order valence-corrected chi connectivity index (χ1v) is 7.72. The van der Waals surface area contributed by atoms with Crippen molar-refractivity contribution in [2.24, 2.45) is 0 Å². The molecule has 0 aliphatic carbocycles. The molecule has 1 atom stereocenters. The number of furan rings is 1. The van der Waals surface area contributed by atoms with Gasteiger partial charge in [0.05, 0.1) is 12.1 Å². The molecule has 1 aromatic carbocycles. The van der Waals surface area contributed by atoms with Gasteiger partial charge in [-0.05, 0) is 50.2 Å². The van der Waals surface area contributed by atoms with Gasteiger partial charge in [0.15, 0.2) is 0 Å². The highest BCUT2D eigenvalue weighted by atomic mass is 16.5. The van der Waals surface area contributed by atoms with Crippen molar-refractivity contribution in [3.8, 4) is 5.75 Å². The van der Waals surface area contributed by atoms with Crippen LogP contribution >= 0.6 is 0 Å². The molecule has 0 saturated heterocycles. The van der Waals surface area contributed by atoms with Gasteiger partial charge in [-0.3, -0.25) is 0 Å². The van der Waals surface area contributed by atoms with Gasteiger partial charge in [0.1, 0.15) is 17.3 Å². The van der Waals surface area contributed by atoms with Gasteiger partial charge in [0, 0.05) is 6.42 Å². The Bertz CT molecular complexity index is 560. The van der Waals surface area contributed by atoms with Crippen LogP contribution in [0.15, 0.2) is 40.8 Å². The van der Waals surface area contributed by atoms with Crippen molar-refractivity contribution in [3.05, 3.63) is 53.5 Å². The molecule has 3 heteroatoms. The summed E-state index contributed by atoms with van der Waals surface area (Å²) in [5, 5.41) is 3.48. The highest BCUT2D eigenvalue weighted by Crippen LogP contribution is 2.27. The van der Waals surface area contributed by atoms with Gasteiger partial charge in [-0.15, -0.1) is 0 Å². The summed E-state index contributed by atoms with van der Waals surface area (Å²) in [4.78, 5) is 0. The lowest BCUT2D eigenvalue weighted by atomic mass is 10.0. The van der Waals surface area contributed by atoms with E-state index in [1.54, 1.807) is 0 Å². The third-order valence-electron chi connectivity index (χ3n) is 3.29. The van der Waals surface area contributed by atoms with Crippen LogP contribution in [-0.2, 0) is 6.42 Å². The molecule has 0 bridgehead atoms. The number of benzene rings is 1. The molecule has 1 aromatic heterocycles. The van der Waals surface area contributed by atoms with Crippen molar-refractivity contribution in [2.75, 3.05) is 6.54 Å². The zero-order valence-electron chi connectivity index (χ0n) is 13.3. The van der Waals surface area contributed by atoms with Crippen molar-refractivity contribution in [2.45, 2.75) is 46.3 Å². The zero-order chi connectivity index (χ0) is 15.2. The molecule has 0 saturated carbocycles. The normalized spacial score (nSPS) is 12.6. The first-order valence-electron chi connectivity index (χ1n) is 7.72. The van der Waals surface area contributed by atoms with Crippen LogP contribution in [0.3, 0.4) is 0 Å². The van der Waals surface area contributed by atoms with Crippen LogP contribution in [0.1, 0.15) is 50.8 Å². The number of ether oxygens (including phenoxy) is 1. The first kappa shape index (κ1) is 15.6. The molecule has 21 heavy (non-hydrogen) atoms. The van der Waals surface area contributed by atoms with E-state index in [2.05, 4.69) is 37.4 Å². The van der Waals surface area contributed by atoms with E-state index >= 15 is 0 Å². The third-order valence-corrected chi connectivity index (χ3v) is 3.29. The zero-order valence-corrected chi connectivity index (χ0v) is 13.3. The van der Waals surface area contributed by atoms with Gasteiger partial charge < -0.3 is 14.5 Å². The van der Waals surface area contributed by atoms with Crippen molar-refractivity contribution < 1.29 is 9.15 Å². The number of hydrogen-bond donors (Lipinski definition) is 1. The van der Waals surface area contributed by atoms with Gasteiger partial charge in [0.25, 0.3) is 0 Å². The van der Waals surface area contributed by atoms with Crippen molar-refractivity contribution in [3.63, 3.8) is 0 Å². The fourth-order valence-corrected chi connectivity index (χ4v) is 2.37. The summed E-state index contributed by atoms with van der Waals surface area (Å²) in [5.74, 6) is 2.87. The molecule has 1 N–H and O–H groups in total. The van der Waals surface area contributed by atoms with Gasteiger partial charge in [-0.25, -0.2) is 0 Å². The molecular weight excluding hydrogens is 262 g/mol. The Morgan fingerprint density at radius 3 is 2.57 bits per heavy atom. The molecule has 2 rings (SSSR count). The Morgan fingerprint density at radius 2 is 1.95 bits per heavy atom. The Labute approximate surface area is 127 Å². The molecule has 0 aliphatic heterocycles. The fourth-order valence-electron chi connectivity index (χ4n) is 2.37. The van der Waals surface area contributed by atoms with E-state index in [0.717, 1.165) is 35.8 Å². The number of rotatable bonds is 7. The molecule has 0 fully saturated rings. The maximum atomic E-state index is 5.92. The highest BCUT2D eigenvalue weighted by Gasteiger charge is 2.17. The van der Waals surface area contributed by atoms with Crippen molar-refractivity contribution in [1.29, 1.82) is 0 Å². The van der Waals surface area contributed by atoms with Crippen LogP contribution in [0, 0.1) is 0 Å². The molecule has 3 nitrogen and oxygen atoms in total. The van der Waals surface area contributed by atoms with Gasteiger partial charge in [-0.1, -0.05) is 26.0 Å². The molecule has 2 aromatic rings. The van der Waals surface area contributed by atoms with E-state index in [4.69, 9.17) is 9.15 Å². The predicted molar refractivity (Wildman–Crippen MR) is 85.8 cm³/mol. The monoisotopic (exact) mass is 287 g/mol. The molecule has 1 heterocycles. The Kier molecular flexibility index (Phi) is 5.45. The molecule has 114 valence electrons. The van der Waals surface area contributed by atoms with Crippen LogP contribution in [0.5, 0.6) is 5.75 Å². The van der Waals surface area contributed by atoms with Gasteiger partial charge in [-0.2, -0.15) is 0 Å². The van der Waals surface area contributed by atoms with Crippen LogP contribution in [0.25, 0.3) is 0 Å². The van der Waals surface area contributed by atoms with Gasteiger partial charge in [0.2, 0.25) is 0 Å². The average molecular weight is 287 g/mol. The van der Waals surface area contributed by atoms with E-state index in [1.807, 2.05) is 32.0 Å². The summed E-state index contributed by atoms with van der Waals surface area (Å²) < 4.78 is 11.7. The van der Waals surface area contributed by atoms with Crippen LogP contribution in [0.4, 0.5) is 0 Å². The largest absolute Gasteiger partial charge is 0.491 e. The lowest BCUT2D eigenvalue weighted by Gasteiger charge is -2.18. The third kappa shape index (κ3) is 4.11. The minimum absolute atomic E-state index is 0.0611. The average Bonchev–Trinajstić information content (AvgIpc) is 2.93. The minimum atomic E-state index is 0.0611. The van der Waals surface area contributed by atoms with E-state index < -0.39 is 0 Å². The molecule has 0 amide bonds. The second-order valence-corrected chi connectivity index (χ2v) is 5.39. The molecular formula is C18H25NO2. The SMILES string of the molecule is CCNC(c1cccc(OC(C)C)c1)c1ccc(CC)o1. The maximum absolute atomic E-state index is 5.92. The quantitative estimate of drug-likeness (QED) is 0.823. The topological polar surface area (TPSA) is 34.4 Å². The molecule has 0 spiro atoms. The van der Waals surface area contributed by atoms with Crippen LogP contribution < -0.4 is 10.1 Å². The smallest absolute Gasteiger partial charge is 0.125 e. The molecule has 1 unspecified atom stereocenters. The summed E-state index contributed by atoms with van der Waals surface area (Å²) >= 11 is 0.